The Hall–Kier alpha value is -2.31. The van der Waals surface area contributed by atoms with Crippen LogP contribution in [-0.2, 0) is 38.5 Å². The van der Waals surface area contributed by atoms with Crippen LogP contribution in [-0.4, -0.2) is 3.21 Å². The van der Waals surface area contributed by atoms with Gasteiger partial charge in [-0.3, -0.25) is 0 Å². The van der Waals surface area contributed by atoms with Crippen molar-refractivity contribution in [1.82, 2.24) is 0 Å². The van der Waals surface area contributed by atoms with Gasteiger partial charge in [0.2, 0.25) is 0 Å². The van der Waals surface area contributed by atoms with Gasteiger partial charge in [-0.15, -0.1) is 0 Å². The standard InChI is InChI=1S/C21H25.C15H14.C5H5.2ClH.Zr/c1-20(2,3)16-9-7-14-11-15-8-10-17(21(4,5)6)13-19(15)18(14)12-16;1-12-3-7-14(8-4-12)11-15-9-5-13(2)6-10-15;1-2-4-5-3-1;;;/h7,9-10,12-13H,11H2,1-6H3;3-10H,1-2H3;1-3H,4H2;2*1H;/q;;;;;+2/p-2. The maximum absolute atomic E-state index is 2.69. The zero-order chi connectivity index (χ0) is 29.8. The van der Waals surface area contributed by atoms with E-state index in [0.717, 1.165) is 12.8 Å². The molecule has 0 nitrogen and oxygen atoms in total. The predicted octanol–water partition coefficient (Wildman–Crippen LogP) is 3.83. The van der Waals surface area contributed by atoms with E-state index in [1.165, 1.54) is 50.1 Å². The van der Waals surface area contributed by atoms with Crippen LogP contribution < -0.4 is 28.1 Å². The van der Waals surface area contributed by atoms with E-state index in [1.54, 1.807) is 15.3 Å². The Morgan fingerprint density at radius 3 is 1.68 bits per heavy atom. The summed E-state index contributed by atoms with van der Waals surface area (Å²) >= 11 is -2.69. The van der Waals surface area contributed by atoms with Gasteiger partial charge in [-0.2, -0.15) is 0 Å². The maximum Gasteiger partial charge on any atom is -1.00 e. The molecular formula is C41H44Cl2Zr. The van der Waals surface area contributed by atoms with Crippen LogP contribution in [0.15, 0.2) is 100 Å². The minimum Gasteiger partial charge on any atom is -1.00 e. The van der Waals surface area contributed by atoms with Gasteiger partial charge in [-0.05, 0) is 0 Å². The monoisotopic (exact) mass is 696 g/mol. The Morgan fingerprint density at radius 1 is 0.636 bits per heavy atom. The summed E-state index contributed by atoms with van der Waals surface area (Å²) in [5.41, 5.74) is 14.5. The van der Waals surface area contributed by atoms with Gasteiger partial charge in [-0.1, -0.05) is 0 Å². The van der Waals surface area contributed by atoms with Crippen molar-refractivity contribution in [2.24, 2.45) is 0 Å². The number of halogens is 2. The van der Waals surface area contributed by atoms with Crippen LogP contribution in [0.1, 0.15) is 92.5 Å². The first-order valence-corrected chi connectivity index (χ1v) is 19.1. The fourth-order valence-corrected chi connectivity index (χ4v) is 14.4. The molecule has 0 radical (unpaired) electrons. The van der Waals surface area contributed by atoms with E-state index < -0.39 is 21.3 Å². The fraction of sp³-hybridized carbons (Fsp3) is 0.293. The molecule has 0 heterocycles. The van der Waals surface area contributed by atoms with Gasteiger partial charge in [0, 0.05) is 0 Å². The molecule has 2 aliphatic rings. The molecular weight excluding hydrogens is 655 g/mol. The smallest absolute Gasteiger partial charge is 1.00 e. The molecule has 226 valence electrons. The number of fused-ring (bicyclic) bond motifs is 3. The van der Waals surface area contributed by atoms with Gasteiger partial charge in [0.15, 0.2) is 0 Å². The second kappa shape index (κ2) is 13.2. The minimum atomic E-state index is -2.69. The van der Waals surface area contributed by atoms with Crippen LogP contribution in [0.4, 0.5) is 0 Å². The first-order chi connectivity index (χ1) is 19.9. The zero-order valence-corrected chi connectivity index (χ0v) is 31.4. The SMILES string of the molecule is Cc1ccc([C](c2ccc(C)cc2)=[Zr+2]([C]2=CC=CC2)[c]2cc(C(C)(C)C)cc3c2Cc2ccc(C(C)(C)C)cc2-3)cc1.[Cl-].[Cl-]. The number of aryl methyl sites for hydroxylation is 2. The summed E-state index contributed by atoms with van der Waals surface area (Å²) in [7, 11) is 0. The molecule has 0 fully saturated rings. The van der Waals surface area contributed by atoms with Gasteiger partial charge in [0.1, 0.15) is 0 Å². The van der Waals surface area contributed by atoms with Crippen molar-refractivity contribution >= 4 is 6.48 Å². The third-order valence-electron chi connectivity index (χ3n) is 9.04. The molecule has 0 bridgehead atoms. The molecule has 4 aromatic rings. The normalized spacial score (nSPS) is 13.2. The quantitative estimate of drug-likeness (QED) is 0.268. The van der Waals surface area contributed by atoms with Gasteiger partial charge in [0.05, 0.1) is 0 Å². The van der Waals surface area contributed by atoms with Crippen LogP contribution in [0.2, 0.25) is 0 Å². The molecule has 0 atom stereocenters. The number of hydrogen-bond donors (Lipinski definition) is 0. The van der Waals surface area contributed by atoms with E-state index in [9.17, 15) is 0 Å². The van der Waals surface area contributed by atoms with Gasteiger partial charge >= 0.3 is 263 Å². The van der Waals surface area contributed by atoms with Crippen molar-refractivity contribution in [3.05, 3.63) is 145 Å². The van der Waals surface area contributed by atoms with Crippen molar-refractivity contribution in [2.75, 3.05) is 0 Å². The van der Waals surface area contributed by atoms with Crippen molar-refractivity contribution in [3.8, 4) is 11.1 Å². The van der Waals surface area contributed by atoms with E-state index in [2.05, 4.69) is 152 Å². The average molecular weight is 699 g/mol. The summed E-state index contributed by atoms with van der Waals surface area (Å²) in [4.78, 5) is 0. The minimum absolute atomic E-state index is 0. The first kappa shape index (κ1) is 34.6. The van der Waals surface area contributed by atoms with Crippen molar-refractivity contribution in [2.45, 2.75) is 79.1 Å². The molecule has 0 N–H and O–H groups in total. The van der Waals surface area contributed by atoms with Crippen LogP contribution in [0.5, 0.6) is 0 Å². The second-order valence-corrected chi connectivity index (χ2v) is 20.4. The third-order valence-corrected chi connectivity index (χ3v) is 16.6. The summed E-state index contributed by atoms with van der Waals surface area (Å²) in [5, 5.41) is 0. The Morgan fingerprint density at radius 2 is 1.18 bits per heavy atom. The molecule has 0 saturated heterocycles. The molecule has 0 spiro atoms. The molecule has 0 amide bonds. The average Bonchev–Trinajstić information content (AvgIpc) is 3.60. The molecule has 0 unspecified atom stereocenters. The summed E-state index contributed by atoms with van der Waals surface area (Å²) in [5.74, 6) is 0. The van der Waals surface area contributed by atoms with Crippen LogP contribution >= 0.6 is 0 Å². The number of rotatable bonds is 4. The van der Waals surface area contributed by atoms with Gasteiger partial charge < -0.3 is 24.8 Å². The van der Waals surface area contributed by atoms with E-state index in [-0.39, 0.29) is 35.6 Å². The summed E-state index contributed by atoms with van der Waals surface area (Å²) in [6, 6.07) is 31.2. The Labute approximate surface area is 285 Å². The predicted molar refractivity (Wildman–Crippen MR) is 179 cm³/mol. The van der Waals surface area contributed by atoms with Crippen molar-refractivity contribution in [3.63, 3.8) is 0 Å². The van der Waals surface area contributed by atoms with E-state index >= 15 is 0 Å². The van der Waals surface area contributed by atoms with E-state index in [4.69, 9.17) is 0 Å². The first-order valence-electron chi connectivity index (χ1n) is 15.5. The molecule has 3 heteroatoms. The Balaban J connectivity index is 0.00000221. The molecule has 44 heavy (non-hydrogen) atoms. The number of benzene rings is 4. The maximum atomic E-state index is 2.64. The molecule has 4 aromatic carbocycles. The molecule has 0 aromatic heterocycles. The summed E-state index contributed by atoms with van der Waals surface area (Å²) in [6.07, 6.45) is 9.25. The third kappa shape index (κ3) is 6.77. The fourth-order valence-electron chi connectivity index (χ4n) is 6.39. The van der Waals surface area contributed by atoms with Crippen LogP contribution in [0.25, 0.3) is 11.1 Å². The second-order valence-electron chi connectivity index (χ2n) is 14.4. The summed E-state index contributed by atoms with van der Waals surface area (Å²) < 4.78 is 4.94. The van der Waals surface area contributed by atoms with Crippen molar-refractivity contribution in [1.29, 1.82) is 0 Å². The number of allylic oxidation sites excluding steroid dienone is 4. The Kier molecular flexibility index (Phi) is 10.4. The largest absolute Gasteiger partial charge is 1.00 e. The molecule has 2 aliphatic carbocycles. The van der Waals surface area contributed by atoms with Gasteiger partial charge in [0.25, 0.3) is 0 Å². The van der Waals surface area contributed by atoms with Crippen molar-refractivity contribution < 1.29 is 46.1 Å². The van der Waals surface area contributed by atoms with Crippen LogP contribution in [0.3, 0.4) is 0 Å². The van der Waals surface area contributed by atoms with E-state index in [1.807, 2.05) is 0 Å². The van der Waals surface area contributed by atoms with E-state index in [0.29, 0.717) is 0 Å². The molecule has 0 aliphatic heterocycles. The van der Waals surface area contributed by atoms with Gasteiger partial charge in [-0.25, -0.2) is 0 Å². The molecule has 0 saturated carbocycles. The Bertz CT molecular complexity index is 1720. The summed E-state index contributed by atoms with van der Waals surface area (Å²) in [6.45, 7) is 18.5. The zero-order valence-electron chi connectivity index (χ0n) is 27.4. The molecule has 6 rings (SSSR count). The van der Waals surface area contributed by atoms with Crippen LogP contribution in [0, 0.1) is 13.8 Å². The topological polar surface area (TPSA) is 0 Å². The number of hydrogen-bond acceptors (Lipinski definition) is 0.